The third-order valence-electron chi connectivity index (χ3n) is 5.96. The summed E-state index contributed by atoms with van der Waals surface area (Å²) in [5.41, 5.74) is 2.20. The predicted molar refractivity (Wildman–Crippen MR) is 150 cm³/mol. The monoisotopic (exact) mass is 537 g/mol. The maximum atomic E-state index is 13.7. The van der Waals surface area contributed by atoms with Crippen molar-refractivity contribution in [1.29, 1.82) is 0 Å². The molecule has 1 N–H and O–H groups in total. The van der Waals surface area contributed by atoms with Gasteiger partial charge in [0.15, 0.2) is 0 Å². The van der Waals surface area contributed by atoms with Crippen LogP contribution in [-0.2, 0) is 26.2 Å². The number of carbonyl (C=O) groups excluding carboxylic acids is 2. The molecule has 38 heavy (non-hydrogen) atoms. The number of para-hydroxylation sites is 1. The Balaban J connectivity index is 1.89. The van der Waals surface area contributed by atoms with Crippen molar-refractivity contribution in [2.45, 2.75) is 39.8 Å². The lowest BCUT2D eigenvalue weighted by atomic mass is 10.1. The van der Waals surface area contributed by atoms with Crippen LogP contribution in [0.3, 0.4) is 0 Å². The van der Waals surface area contributed by atoms with Crippen molar-refractivity contribution in [1.82, 2.24) is 10.2 Å². The van der Waals surface area contributed by atoms with E-state index >= 15 is 0 Å². The average Bonchev–Trinajstić information content (AvgIpc) is 2.88. The SMILES string of the molecule is CCNC(=O)C(CC)N(Cc1cccc(C)c1)C(=O)CN(c1ccc(Oc2ccccc2)cc1)S(C)(=O)=O. The standard InChI is InChI=1S/C29H35N3O5S/c1-5-27(29(34)30-6-2)31(20-23-12-10-11-22(3)19-23)28(33)21-32(38(4,35)36)24-15-17-26(18-16-24)37-25-13-8-7-9-14-25/h7-19,27H,5-6,20-21H2,1-4H3,(H,30,34). The number of amides is 2. The molecule has 3 rings (SSSR count). The van der Waals surface area contributed by atoms with Crippen molar-refractivity contribution >= 4 is 27.5 Å². The van der Waals surface area contributed by atoms with Crippen LogP contribution in [0.5, 0.6) is 11.5 Å². The van der Waals surface area contributed by atoms with Gasteiger partial charge in [-0.2, -0.15) is 0 Å². The van der Waals surface area contributed by atoms with Crippen molar-refractivity contribution in [2.75, 3.05) is 23.7 Å². The molecule has 1 atom stereocenters. The zero-order valence-corrected chi connectivity index (χ0v) is 23.1. The second kappa shape index (κ2) is 13.1. The first-order valence-electron chi connectivity index (χ1n) is 12.6. The maximum Gasteiger partial charge on any atom is 0.244 e. The summed E-state index contributed by atoms with van der Waals surface area (Å²) in [6, 6.07) is 22.7. The molecule has 0 fully saturated rings. The Hall–Kier alpha value is -3.85. The first-order valence-corrected chi connectivity index (χ1v) is 14.4. The van der Waals surface area contributed by atoms with Crippen molar-refractivity contribution in [2.24, 2.45) is 0 Å². The number of likely N-dealkylation sites (N-methyl/N-ethyl adjacent to an activating group) is 1. The normalized spacial score (nSPS) is 11.9. The minimum absolute atomic E-state index is 0.178. The lowest BCUT2D eigenvalue weighted by molar-refractivity contribution is -0.140. The first kappa shape index (κ1) is 28.7. The van der Waals surface area contributed by atoms with Gasteiger partial charge in [-0.05, 0) is 62.2 Å². The van der Waals surface area contributed by atoms with Crippen molar-refractivity contribution in [3.8, 4) is 11.5 Å². The Morgan fingerprint density at radius 3 is 2.16 bits per heavy atom. The van der Waals surface area contributed by atoms with Gasteiger partial charge in [-0.1, -0.05) is 55.0 Å². The van der Waals surface area contributed by atoms with Crippen LogP contribution in [0, 0.1) is 6.92 Å². The summed E-state index contributed by atoms with van der Waals surface area (Å²) in [6.45, 7) is 5.75. The number of hydrogen-bond donors (Lipinski definition) is 1. The van der Waals surface area contributed by atoms with Crippen LogP contribution in [0.15, 0.2) is 78.9 Å². The Kier molecular flexibility index (Phi) is 9.90. The Morgan fingerprint density at radius 2 is 1.58 bits per heavy atom. The fourth-order valence-electron chi connectivity index (χ4n) is 4.14. The molecule has 3 aromatic carbocycles. The number of carbonyl (C=O) groups is 2. The molecule has 0 bridgehead atoms. The van der Waals surface area contributed by atoms with Crippen molar-refractivity contribution in [3.05, 3.63) is 90.0 Å². The van der Waals surface area contributed by atoms with Gasteiger partial charge in [0.25, 0.3) is 0 Å². The van der Waals surface area contributed by atoms with Gasteiger partial charge in [0.05, 0.1) is 11.9 Å². The van der Waals surface area contributed by atoms with Gasteiger partial charge in [-0.25, -0.2) is 8.42 Å². The Morgan fingerprint density at radius 1 is 0.921 bits per heavy atom. The lowest BCUT2D eigenvalue weighted by Crippen LogP contribution is -2.52. The molecule has 0 aliphatic heterocycles. The molecule has 0 saturated carbocycles. The number of anilines is 1. The van der Waals surface area contributed by atoms with Gasteiger partial charge in [-0.15, -0.1) is 0 Å². The number of aryl methyl sites for hydroxylation is 1. The third kappa shape index (κ3) is 7.82. The summed E-state index contributed by atoms with van der Waals surface area (Å²) in [5, 5.41) is 2.79. The topological polar surface area (TPSA) is 96.0 Å². The van der Waals surface area contributed by atoms with Crippen LogP contribution < -0.4 is 14.4 Å². The highest BCUT2D eigenvalue weighted by atomic mass is 32.2. The maximum absolute atomic E-state index is 13.7. The molecule has 0 saturated heterocycles. The van der Waals surface area contributed by atoms with Crippen LogP contribution in [0.4, 0.5) is 5.69 Å². The lowest BCUT2D eigenvalue weighted by Gasteiger charge is -2.32. The summed E-state index contributed by atoms with van der Waals surface area (Å²) in [7, 11) is -3.82. The molecular formula is C29H35N3O5S. The molecule has 9 heteroatoms. The Bertz CT molecular complexity index is 1330. The summed E-state index contributed by atoms with van der Waals surface area (Å²) in [5.74, 6) is 0.435. The zero-order valence-electron chi connectivity index (χ0n) is 22.3. The summed E-state index contributed by atoms with van der Waals surface area (Å²) in [4.78, 5) is 28.0. The van der Waals surface area contributed by atoms with Crippen LogP contribution >= 0.6 is 0 Å². The fraction of sp³-hybridized carbons (Fsp3) is 0.310. The predicted octanol–water partition coefficient (Wildman–Crippen LogP) is 4.50. The van der Waals surface area contributed by atoms with Crippen LogP contribution in [-0.4, -0.2) is 50.5 Å². The van der Waals surface area contributed by atoms with Crippen LogP contribution in [0.2, 0.25) is 0 Å². The number of nitrogens with one attached hydrogen (secondary N) is 1. The van der Waals surface area contributed by atoms with Gasteiger partial charge in [-0.3, -0.25) is 13.9 Å². The van der Waals surface area contributed by atoms with E-state index in [1.807, 2.05) is 75.4 Å². The smallest absolute Gasteiger partial charge is 0.244 e. The molecular weight excluding hydrogens is 502 g/mol. The molecule has 202 valence electrons. The van der Waals surface area contributed by atoms with E-state index in [-0.39, 0.29) is 12.5 Å². The van der Waals surface area contributed by atoms with Gasteiger partial charge in [0.1, 0.15) is 24.1 Å². The number of rotatable bonds is 12. The van der Waals surface area contributed by atoms with E-state index in [0.29, 0.717) is 30.2 Å². The summed E-state index contributed by atoms with van der Waals surface area (Å²) in [6.07, 6.45) is 1.44. The highest BCUT2D eigenvalue weighted by Gasteiger charge is 2.31. The van der Waals surface area contributed by atoms with Crippen molar-refractivity contribution < 1.29 is 22.7 Å². The van der Waals surface area contributed by atoms with E-state index in [4.69, 9.17) is 4.74 Å². The third-order valence-corrected chi connectivity index (χ3v) is 7.10. The zero-order chi connectivity index (χ0) is 27.7. The molecule has 0 heterocycles. The molecule has 0 spiro atoms. The number of ether oxygens (including phenoxy) is 1. The second-order valence-electron chi connectivity index (χ2n) is 9.01. The van der Waals surface area contributed by atoms with E-state index < -0.39 is 28.5 Å². The molecule has 0 aromatic heterocycles. The minimum Gasteiger partial charge on any atom is -0.457 e. The minimum atomic E-state index is -3.82. The van der Waals surface area contributed by atoms with E-state index in [0.717, 1.165) is 21.7 Å². The largest absolute Gasteiger partial charge is 0.457 e. The molecule has 0 aliphatic carbocycles. The molecule has 8 nitrogen and oxygen atoms in total. The number of benzene rings is 3. The van der Waals surface area contributed by atoms with Gasteiger partial charge in [0, 0.05) is 13.1 Å². The van der Waals surface area contributed by atoms with Gasteiger partial charge < -0.3 is 15.0 Å². The number of hydrogen-bond acceptors (Lipinski definition) is 5. The van der Waals surface area contributed by atoms with Crippen LogP contribution in [0.25, 0.3) is 0 Å². The van der Waals surface area contributed by atoms with E-state index in [9.17, 15) is 18.0 Å². The quantitative estimate of drug-likeness (QED) is 0.367. The first-order chi connectivity index (χ1) is 18.1. The average molecular weight is 538 g/mol. The summed E-state index contributed by atoms with van der Waals surface area (Å²) >= 11 is 0. The number of nitrogens with zero attached hydrogens (tertiary/aromatic N) is 2. The summed E-state index contributed by atoms with van der Waals surface area (Å²) < 4.78 is 32.4. The van der Waals surface area contributed by atoms with Gasteiger partial charge >= 0.3 is 0 Å². The van der Waals surface area contributed by atoms with E-state index in [1.165, 1.54) is 4.90 Å². The van der Waals surface area contributed by atoms with Crippen LogP contribution in [0.1, 0.15) is 31.4 Å². The van der Waals surface area contributed by atoms with E-state index in [1.54, 1.807) is 24.3 Å². The van der Waals surface area contributed by atoms with E-state index in [2.05, 4.69) is 5.32 Å². The Labute approximate surface area is 225 Å². The van der Waals surface area contributed by atoms with Crippen molar-refractivity contribution in [3.63, 3.8) is 0 Å². The fourth-order valence-corrected chi connectivity index (χ4v) is 4.99. The molecule has 3 aromatic rings. The second-order valence-corrected chi connectivity index (χ2v) is 10.9. The molecule has 0 aliphatic rings. The highest BCUT2D eigenvalue weighted by molar-refractivity contribution is 7.92. The highest BCUT2D eigenvalue weighted by Crippen LogP contribution is 2.26. The molecule has 2 amide bonds. The number of sulfonamides is 1. The molecule has 1 unspecified atom stereocenters. The molecule has 0 radical (unpaired) electrons. The van der Waals surface area contributed by atoms with Gasteiger partial charge in [0.2, 0.25) is 21.8 Å².